The third kappa shape index (κ3) is 2.10. The molecule has 0 radical (unpaired) electrons. The molecule has 0 aliphatic rings. The minimum absolute atomic E-state index is 0.119. The molecule has 2 N–H and O–H groups in total. The van der Waals surface area contributed by atoms with Crippen LogP contribution in [-0.4, -0.2) is 28.4 Å². The Morgan fingerprint density at radius 3 is 2.62 bits per heavy atom. The molecule has 0 saturated heterocycles. The highest BCUT2D eigenvalue weighted by Gasteiger charge is 2.19. The summed E-state index contributed by atoms with van der Waals surface area (Å²) in [5, 5.41) is 19.6. The van der Waals surface area contributed by atoms with Gasteiger partial charge in [-0.2, -0.15) is 5.10 Å². The van der Waals surface area contributed by atoms with Gasteiger partial charge >= 0.3 is 5.97 Å². The summed E-state index contributed by atoms with van der Waals surface area (Å²) in [4.78, 5) is 11.5. The van der Waals surface area contributed by atoms with Crippen LogP contribution >= 0.6 is 0 Å². The van der Waals surface area contributed by atoms with Crippen molar-refractivity contribution in [2.45, 2.75) is 0 Å². The van der Waals surface area contributed by atoms with E-state index in [0.717, 1.165) is 21.9 Å². The number of methoxy groups -OCH3 is 1. The van der Waals surface area contributed by atoms with E-state index in [9.17, 15) is 9.90 Å². The van der Waals surface area contributed by atoms with Gasteiger partial charge in [-0.05, 0) is 29.0 Å². The maximum absolute atomic E-state index is 11.5. The van der Waals surface area contributed by atoms with Crippen LogP contribution in [0.2, 0.25) is 0 Å². The fraction of sp³-hybridized carbons (Fsp3) is 0.0526. The zero-order chi connectivity index (χ0) is 16.7. The molecule has 0 atom stereocenters. The molecule has 24 heavy (non-hydrogen) atoms. The van der Waals surface area contributed by atoms with Gasteiger partial charge in [-0.25, -0.2) is 4.79 Å². The molecule has 0 aliphatic heterocycles. The van der Waals surface area contributed by atoms with Crippen LogP contribution in [0.4, 0.5) is 0 Å². The van der Waals surface area contributed by atoms with E-state index in [-0.39, 0.29) is 5.56 Å². The Labute approximate surface area is 137 Å². The first-order chi connectivity index (χ1) is 11.7. The number of H-pyrrole nitrogens is 1. The van der Waals surface area contributed by atoms with Gasteiger partial charge in [0.2, 0.25) is 0 Å². The van der Waals surface area contributed by atoms with Gasteiger partial charge in [0.05, 0.1) is 18.0 Å². The van der Waals surface area contributed by atoms with Gasteiger partial charge in [-0.3, -0.25) is 5.10 Å². The van der Waals surface area contributed by atoms with Gasteiger partial charge in [-0.1, -0.05) is 36.4 Å². The monoisotopic (exact) mass is 318 g/mol. The predicted molar refractivity (Wildman–Crippen MR) is 92.5 cm³/mol. The summed E-state index contributed by atoms with van der Waals surface area (Å²) in [6.45, 7) is 0. The number of rotatable bonds is 3. The Bertz CT molecular complexity index is 1080. The zero-order valence-corrected chi connectivity index (χ0v) is 12.9. The van der Waals surface area contributed by atoms with E-state index in [1.54, 1.807) is 6.07 Å². The van der Waals surface area contributed by atoms with Crippen molar-refractivity contribution >= 4 is 27.6 Å². The second kappa shape index (κ2) is 5.38. The topological polar surface area (TPSA) is 75.2 Å². The molecule has 1 aromatic heterocycles. The molecular formula is C19H14N2O3. The highest BCUT2D eigenvalue weighted by Crippen LogP contribution is 2.37. The van der Waals surface area contributed by atoms with Gasteiger partial charge < -0.3 is 9.84 Å². The fourth-order valence-electron chi connectivity index (χ4n) is 3.01. The molecule has 0 unspecified atom stereocenters. The Morgan fingerprint density at radius 2 is 1.88 bits per heavy atom. The first-order valence-electron chi connectivity index (χ1n) is 7.46. The lowest BCUT2D eigenvalue weighted by molar-refractivity contribution is 0.0693. The van der Waals surface area contributed by atoms with Crippen LogP contribution < -0.4 is 4.74 Å². The fourth-order valence-corrected chi connectivity index (χ4v) is 3.01. The number of carbonyl (C=O) groups is 1. The molecule has 0 aliphatic carbocycles. The number of nitrogens with zero attached hydrogens (tertiary/aromatic N) is 1. The molecule has 118 valence electrons. The number of fused-ring (bicyclic) bond motifs is 2. The number of aromatic carboxylic acids is 1. The maximum atomic E-state index is 11.5. The van der Waals surface area contributed by atoms with Crippen LogP contribution in [-0.2, 0) is 0 Å². The third-order valence-corrected chi connectivity index (χ3v) is 4.14. The molecule has 0 spiro atoms. The van der Waals surface area contributed by atoms with Crippen molar-refractivity contribution in [3.05, 3.63) is 60.2 Å². The minimum Gasteiger partial charge on any atom is -0.495 e. The van der Waals surface area contributed by atoms with E-state index in [4.69, 9.17) is 4.74 Å². The lowest BCUT2D eigenvalue weighted by Crippen LogP contribution is -2.00. The predicted octanol–water partition coefficient (Wildman–Crippen LogP) is 4.09. The van der Waals surface area contributed by atoms with Crippen LogP contribution in [0.15, 0.2) is 54.6 Å². The molecule has 0 fully saturated rings. The molecule has 5 nitrogen and oxygen atoms in total. The molecule has 5 heteroatoms. The number of aromatic amines is 1. The lowest BCUT2D eigenvalue weighted by Gasteiger charge is -2.08. The van der Waals surface area contributed by atoms with Crippen LogP contribution in [0, 0.1) is 0 Å². The van der Waals surface area contributed by atoms with Gasteiger partial charge in [0.15, 0.2) is 0 Å². The van der Waals surface area contributed by atoms with Crippen molar-refractivity contribution < 1.29 is 14.6 Å². The van der Waals surface area contributed by atoms with Crippen molar-refractivity contribution in [2.75, 3.05) is 7.11 Å². The quantitative estimate of drug-likeness (QED) is 0.596. The lowest BCUT2D eigenvalue weighted by atomic mass is 10.0. The van der Waals surface area contributed by atoms with Crippen molar-refractivity contribution in [2.24, 2.45) is 0 Å². The normalized spacial score (nSPS) is 11.0. The SMILES string of the molecule is COc1c(C(=O)O)ccc2[nH]nc(-c3ccc4ccccc4c3)c12. The smallest absolute Gasteiger partial charge is 0.339 e. The second-order valence-corrected chi connectivity index (χ2v) is 5.51. The van der Waals surface area contributed by atoms with E-state index in [1.807, 2.05) is 42.5 Å². The third-order valence-electron chi connectivity index (χ3n) is 4.14. The molecule has 3 aromatic carbocycles. The first-order valence-corrected chi connectivity index (χ1v) is 7.46. The van der Waals surface area contributed by atoms with Crippen molar-refractivity contribution in [3.8, 4) is 17.0 Å². The average molecular weight is 318 g/mol. The molecular weight excluding hydrogens is 304 g/mol. The number of hydrogen-bond acceptors (Lipinski definition) is 3. The number of ether oxygens (including phenoxy) is 1. The van der Waals surface area contributed by atoms with Gasteiger partial charge in [-0.15, -0.1) is 0 Å². The van der Waals surface area contributed by atoms with Crippen LogP contribution in [0.3, 0.4) is 0 Å². The van der Waals surface area contributed by atoms with Crippen molar-refractivity contribution in [1.29, 1.82) is 0 Å². The molecule has 0 amide bonds. The number of nitrogens with one attached hydrogen (secondary N) is 1. The summed E-state index contributed by atoms with van der Waals surface area (Å²) in [6.07, 6.45) is 0. The van der Waals surface area contributed by atoms with E-state index in [0.29, 0.717) is 16.8 Å². The Kier molecular flexibility index (Phi) is 3.20. The zero-order valence-electron chi connectivity index (χ0n) is 12.9. The Balaban J connectivity index is 2.01. The van der Waals surface area contributed by atoms with E-state index < -0.39 is 5.97 Å². The maximum Gasteiger partial charge on any atom is 0.339 e. The molecule has 4 rings (SSSR count). The summed E-state index contributed by atoms with van der Waals surface area (Å²) in [5.74, 6) is -0.712. The van der Waals surface area contributed by atoms with E-state index in [1.165, 1.54) is 13.2 Å². The number of hydrogen-bond donors (Lipinski definition) is 2. The number of aromatic nitrogens is 2. The number of benzene rings is 3. The largest absolute Gasteiger partial charge is 0.495 e. The summed E-state index contributed by atoms with van der Waals surface area (Å²) in [7, 11) is 1.47. The Hall–Kier alpha value is -3.34. The van der Waals surface area contributed by atoms with Crippen LogP contribution in [0.5, 0.6) is 5.75 Å². The highest BCUT2D eigenvalue weighted by atomic mass is 16.5. The van der Waals surface area contributed by atoms with Crippen LogP contribution in [0.25, 0.3) is 32.9 Å². The van der Waals surface area contributed by atoms with Crippen molar-refractivity contribution in [1.82, 2.24) is 10.2 Å². The summed E-state index contributed by atoms with van der Waals surface area (Å²) >= 11 is 0. The molecule has 0 bridgehead atoms. The Morgan fingerprint density at radius 1 is 1.08 bits per heavy atom. The summed E-state index contributed by atoms with van der Waals surface area (Å²) < 4.78 is 5.39. The minimum atomic E-state index is -1.03. The van der Waals surface area contributed by atoms with E-state index in [2.05, 4.69) is 10.2 Å². The molecule has 1 heterocycles. The molecule has 0 saturated carbocycles. The highest BCUT2D eigenvalue weighted by molar-refractivity contribution is 6.05. The summed E-state index contributed by atoms with van der Waals surface area (Å²) in [6, 6.07) is 17.3. The summed E-state index contributed by atoms with van der Waals surface area (Å²) in [5.41, 5.74) is 2.44. The first kappa shape index (κ1) is 14.3. The van der Waals surface area contributed by atoms with Crippen LogP contribution in [0.1, 0.15) is 10.4 Å². The average Bonchev–Trinajstić information content (AvgIpc) is 3.04. The van der Waals surface area contributed by atoms with Gasteiger partial charge in [0, 0.05) is 5.56 Å². The van der Waals surface area contributed by atoms with Gasteiger partial charge in [0.1, 0.15) is 17.0 Å². The van der Waals surface area contributed by atoms with E-state index >= 15 is 0 Å². The number of carboxylic acid groups (broad SMARTS) is 1. The number of carboxylic acids is 1. The van der Waals surface area contributed by atoms with Gasteiger partial charge in [0.25, 0.3) is 0 Å². The molecule has 4 aromatic rings. The second-order valence-electron chi connectivity index (χ2n) is 5.51. The standard InChI is InChI=1S/C19H14N2O3/c1-24-18-14(19(22)23)8-9-15-16(18)17(21-20-15)13-7-6-11-4-2-3-5-12(11)10-13/h2-10H,1H3,(H,20,21)(H,22,23). The van der Waals surface area contributed by atoms with Crippen molar-refractivity contribution in [3.63, 3.8) is 0 Å².